The maximum absolute atomic E-state index is 15.6. The number of carbonyl (C=O) groups is 2. The van der Waals surface area contributed by atoms with Crippen LogP contribution in [0.2, 0.25) is 5.02 Å². The van der Waals surface area contributed by atoms with Gasteiger partial charge in [0.2, 0.25) is 5.91 Å². The Morgan fingerprint density at radius 3 is 2.28 bits per heavy atom. The molecule has 0 N–H and O–H groups in total. The van der Waals surface area contributed by atoms with Gasteiger partial charge in [0.1, 0.15) is 46.0 Å². The zero-order valence-electron chi connectivity index (χ0n) is 27.5. The van der Waals surface area contributed by atoms with Gasteiger partial charge in [0.15, 0.2) is 5.82 Å². The molecule has 2 aliphatic rings. The van der Waals surface area contributed by atoms with Crippen LogP contribution in [0, 0.1) is 28.7 Å². The summed E-state index contributed by atoms with van der Waals surface area (Å²) in [6.45, 7) is 2.00. The van der Waals surface area contributed by atoms with Crippen molar-refractivity contribution < 1.29 is 41.4 Å². The summed E-state index contributed by atoms with van der Waals surface area (Å²) in [5.41, 5.74) is -0.358. The molecule has 12 heteroatoms. The molecule has 0 atom stereocenters. The van der Waals surface area contributed by atoms with Crippen LogP contribution >= 0.6 is 11.6 Å². The predicted octanol–water partition coefficient (Wildman–Crippen LogP) is 8.28. The number of hydrogen-bond acceptors (Lipinski definition) is 6. The lowest BCUT2D eigenvalue weighted by molar-refractivity contribution is -0.159. The fourth-order valence-electron chi connectivity index (χ4n) is 6.65. The number of hydrogen-bond donors (Lipinski definition) is 0. The Kier molecular flexibility index (Phi) is 10.2. The van der Waals surface area contributed by atoms with E-state index in [9.17, 15) is 14.0 Å². The molecule has 2 aliphatic heterocycles. The quantitative estimate of drug-likeness (QED) is 0.0938. The molecule has 0 radical (unpaired) electrons. The molecular weight excluding hydrogens is 676 g/mol. The zero-order chi connectivity index (χ0) is 35.6. The average molecular weight is 711 g/mol. The smallest absolute Gasteiger partial charge is 0.315 e. The highest BCUT2D eigenvalue weighted by Crippen LogP contribution is 2.44. The van der Waals surface area contributed by atoms with E-state index in [4.69, 9.17) is 25.8 Å². The van der Waals surface area contributed by atoms with E-state index in [1.54, 1.807) is 43.2 Å². The van der Waals surface area contributed by atoms with E-state index in [-0.39, 0.29) is 86.9 Å². The molecular formula is C38H35ClF4N2O5. The van der Waals surface area contributed by atoms with Crippen LogP contribution in [0.3, 0.4) is 0 Å². The Balaban J connectivity index is 1.23. The maximum Gasteiger partial charge on any atom is 0.315 e. The third-order valence-electron chi connectivity index (χ3n) is 9.40. The summed E-state index contributed by atoms with van der Waals surface area (Å²) in [6.07, 6.45) is 0.666. The molecule has 1 fully saturated rings. The van der Waals surface area contributed by atoms with Crippen LogP contribution in [0.4, 0.5) is 28.9 Å². The number of anilines is 2. The number of nitrogens with zero attached hydrogens (tertiary/aromatic N) is 2. The first kappa shape index (κ1) is 35.1. The first-order valence-electron chi connectivity index (χ1n) is 16.3. The third-order valence-corrected chi connectivity index (χ3v) is 9.74. The summed E-state index contributed by atoms with van der Waals surface area (Å²) < 4.78 is 77.8. The lowest BCUT2D eigenvalue weighted by Gasteiger charge is -2.41. The lowest BCUT2D eigenvalue weighted by atomic mass is 9.78. The van der Waals surface area contributed by atoms with Gasteiger partial charge >= 0.3 is 5.97 Å². The molecule has 0 saturated carbocycles. The molecule has 4 aromatic rings. The predicted molar refractivity (Wildman–Crippen MR) is 182 cm³/mol. The summed E-state index contributed by atoms with van der Waals surface area (Å²) in [7, 11) is 1.55. The van der Waals surface area contributed by atoms with Gasteiger partial charge in [0, 0.05) is 36.2 Å². The summed E-state index contributed by atoms with van der Waals surface area (Å²) in [6, 6.07) is 16.2. The van der Waals surface area contributed by atoms with Crippen LogP contribution in [0.5, 0.6) is 11.5 Å². The van der Waals surface area contributed by atoms with Crippen molar-refractivity contribution in [2.75, 3.05) is 43.2 Å². The van der Waals surface area contributed by atoms with Crippen molar-refractivity contribution in [1.29, 1.82) is 0 Å². The highest BCUT2D eigenvalue weighted by atomic mass is 35.5. The number of piperidine rings is 1. The van der Waals surface area contributed by atoms with Gasteiger partial charge in [-0.1, -0.05) is 41.9 Å². The summed E-state index contributed by atoms with van der Waals surface area (Å²) in [4.78, 5) is 29.4. The molecule has 0 aliphatic carbocycles. The second-order valence-electron chi connectivity index (χ2n) is 12.3. The van der Waals surface area contributed by atoms with Gasteiger partial charge in [0.05, 0.1) is 31.6 Å². The van der Waals surface area contributed by atoms with Crippen LogP contribution < -0.4 is 19.3 Å². The van der Waals surface area contributed by atoms with Crippen molar-refractivity contribution in [2.45, 2.75) is 39.2 Å². The molecule has 50 heavy (non-hydrogen) atoms. The van der Waals surface area contributed by atoms with Gasteiger partial charge in [0.25, 0.3) is 0 Å². The van der Waals surface area contributed by atoms with Crippen molar-refractivity contribution >= 4 is 34.9 Å². The second-order valence-corrected chi connectivity index (χ2v) is 12.7. The molecule has 2 heterocycles. The maximum atomic E-state index is 15.6. The highest BCUT2D eigenvalue weighted by molar-refractivity contribution is 6.33. The number of carbonyl (C=O) groups excluding carboxylic acids is 2. The summed E-state index contributed by atoms with van der Waals surface area (Å²) in [5, 5.41) is -0.491. The van der Waals surface area contributed by atoms with Crippen molar-refractivity contribution in [3.8, 4) is 22.6 Å². The summed E-state index contributed by atoms with van der Waals surface area (Å²) in [5.74, 6) is -2.84. The van der Waals surface area contributed by atoms with E-state index >= 15 is 13.2 Å². The van der Waals surface area contributed by atoms with Crippen molar-refractivity contribution in [1.82, 2.24) is 0 Å². The molecule has 1 amide bonds. The Labute approximate surface area is 292 Å². The van der Waals surface area contributed by atoms with Crippen LogP contribution in [0.1, 0.15) is 37.3 Å². The highest BCUT2D eigenvalue weighted by Gasteiger charge is 2.45. The standard InChI is InChI=1S/C38H35ClF4N2O5/c1-3-49-37(47)38(16-18-44(19-17-38)36-30(42)20-27(34(43)33(36)39)25-6-4-5-7-28(25)40)22-50-31-14-13-29(41)35-26(31)12-15-32(46)45(35)21-23-8-10-24(48-2)11-9-23/h4-11,13-14,20H,3,12,15-19,21-22H2,1-2H3. The number of halogens is 5. The molecule has 4 aromatic carbocycles. The molecule has 6 rings (SSSR count). The SMILES string of the molecule is CCOC(=O)C1(COc2ccc(F)c3c2CCC(=O)N3Cc2ccc(OC)cc2)CCN(c2c(F)cc(-c3ccccc3F)c(F)c2Cl)CC1. The first-order valence-corrected chi connectivity index (χ1v) is 16.7. The van der Waals surface area contributed by atoms with Crippen molar-refractivity contribution in [3.05, 3.63) is 106 Å². The fraction of sp³-hybridized carbons (Fsp3) is 0.316. The van der Waals surface area contributed by atoms with Crippen molar-refractivity contribution in [3.63, 3.8) is 0 Å². The zero-order valence-corrected chi connectivity index (χ0v) is 28.3. The van der Waals surface area contributed by atoms with Gasteiger partial charge < -0.3 is 24.0 Å². The minimum absolute atomic E-state index is 0.100. The van der Waals surface area contributed by atoms with E-state index in [2.05, 4.69) is 0 Å². The minimum atomic E-state index is -1.17. The Hall–Kier alpha value is -4.77. The van der Waals surface area contributed by atoms with E-state index < -0.39 is 39.7 Å². The van der Waals surface area contributed by atoms with Gasteiger partial charge in [-0.15, -0.1) is 0 Å². The van der Waals surface area contributed by atoms with Crippen LogP contribution in [-0.2, 0) is 27.3 Å². The number of rotatable bonds is 10. The minimum Gasteiger partial charge on any atom is -0.497 e. The molecule has 262 valence electrons. The third kappa shape index (κ3) is 6.70. The lowest BCUT2D eigenvalue weighted by Crippen LogP contribution is -2.49. The van der Waals surface area contributed by atoms with E-state index in [1.165, 1.54) is 35.2 Å². The largest absolute Gasteiger partial charge is 0.497 e. The number of fused-ring (bicyclic) bond motifs is 1. The van der Waals surface area contributed by atoms with Gasteiger partial charge in [-0.25, -0.2) is 17.6 Å². The van der Waals surface area contributed by atoms with Gasteiger partial charge in [-0.3, -0.25) is 9.59 Å². The first-order chi connectivity index (χ1) is 24.1. The second kappa shape index (κ2) is 14.6. The Morgan fingerprint density at radius 1 is 0.880 bits per heavy atom. The van der Waals surface area contributed by atoms with E-state index in [0.717, 1.165) is 17.7 Å². The number of esters is 1. The molecule has 0 spiro atoms. The van der Waals surface area contributed by atoms with Crippen LogP contribution in [0.15, 0.2) is 66.7 Å². The van der Waals surface area contributed by atoms with Gasteiger partial charge in [-0.05, 0) is 68.1 Å². The molecule has 1 saturated heterocycles. The number of amides is 1. The topological polar surface area (TPSA) is 68.3 Å². The average Bonchev–Trinajstić information content (AvgIpc) is 3.12. The molecule has 7 nitrogen and oxygen atoms in total. The number of ether oxygens (including phenoxy) is 3. The molecule has 0 unspecified atom stereocenters. The van der Waals surface area contributed by atoms with Crippen LogP contribution in [0.25, 0.3) is 11.1 Å². The molecule has 0 aromatic heterocycles. The van der Waals surface area contributed by atoms with E-state index in [0.29, 0.717) is 17.1 Å². The fourth-order valence-corrected chi connectivity index (χ4v) is 6.96. The summed E-state index contributed by atoms with van der Waals surface area (Å²) >= 11 is 6.37. The monoisotopic (exact) mass is 710 g/mol. The van der Waals surface area contributed by atoms with Crippen LogP contribution in [-0.4, -0.2) is 45.3 Å². The normalized spacial score (nSPS) is 15.5. The number of methoxy groups -OCH3 is 1. The van der Waals surface area contributed by atoms with E-state index in [1.807, 2.05) is 0 Å². The molecule has 0 bridgehead atoms. The Bertz CT molecular complexity index is 1910. The number of benzene rings is 4. The van der Waals surface area contributed by atoms with Crippen molar-refractivity contribution in [2.24, 2.45) is 5.41 Å². The van der Waals surface area contributed by atoms with Gasteiger partial charge in [-0.2, -0.15) is 0 Å². The Morgan fingerprint density at radius 2 is 1.60 bits per heavy atom.